The number of carboxylic acid groups (broad SMARTS) is 1. The number of carboxylic acids is 1. The molecule has 1 atom stereocenters. The van der Waals surface area contributed by atoms with Crippen LogP contribution in [-0.4, -0.2) is 29.2 Å². The van der Waals surface area contributed by atoms with Crippen molar-refractivity contribution in [1.82, 2.24) is 10.6 Å². The van der Waals surface area contributed by atoms with Crippen LogP contribution in [0.15, 0.2) is 30.3 Å². The van der Waals surface area contributed by atoms with Gasteiger partial charge in [0.05, 0.1) is 0 Å². The summed E-state index contributed by atoms with van der Waals surface area (Å²) in [5, 5.41) is 15.1. The summed E-state index contributed by atoms with van der Waals surface area (Å²) in [5.74, 6) is 0.466. The molecule has 3 N–H and O–H groups in total. The van der Waals surface area contributed by atoms with Crippen molar-refractivity contribution in [2.45, 2.75) is 57.0 Å². The van der Waals surface area contributed by atoms with E-state index in [4.69, 9.17) is 5.11 Å². The minimum atomic E-state index is -0.830. The fraction of sp³-hybridized carbons (Fsp3) is 0.579. The van der Waals surface area contributed by atoms with Crippen molar-refractivity contribution in [2.24, 2.45) is 11.8 Å². The van der Waals surface area contributed by atoms with Crippen LogP contribution in [0.25, 0.3) is 0 Å². The number of hydrogen-bond acceptors (Lipinski definition) is 2. The van der Waals surface area contributed by atoms with Crippen molar-refractivity contribution in [1.29, 1.82) is 0 Å². The van der Waals surface area contributed by atoms with E-state index in [1.54, 1.807) is 0 Å². The Hall–Kier alpha value is -2.04. The fourth-order valence-electron chi connectivity index (χ4n) is 3.33. The van der Waals surface area contributed by atoms with Gasteiger partial charge in [-0.3, -0.25) is 4.79 Å². The van der Waals surface area contributed by atoms with Gasteiger partial charge in [-0.15, -0.1) is 0 Å². The lowest BCUT2D eigenvalue weighted by Gasteiger charge is -2.22. The molecule has 2 saturated carbocycles. The second-order valence-electron chi connectivity index (χ2n) is 7.14. The van der Waals surface area contributed by atoms with Crippen molar-refractivity contribution >= 4 is 12.0 Å². The monoisotopic (exact) mass is 330 g/mol. The van der Waals surface area contributed by atoms with Gasteiger partial charge in [0.2, 0.25) is 0 Å². The molecule has 0 aliphatic heterocycles. The summed E-state index contributed by atoms with van der Waals surface area (Å²) in [6.07, 6.45) is 6.02. The van der Waals surface area contributed by atoms with E-state index in [2.05, 4.69) is 10.6 Å². The largest absolute Gasteiger partial charge is 0.481 e. The average Bonchev–Trinajstić information content (AvgIpc) is 3.45. The van der Waals surface area contributed by atoms with Crippen LogP contribution >= 0.6 is 0 Å². The molecule has 24 heavy (non-hydrogen) atoms. The Kier molecular flexibility index (Phi) is 5.38. The van der Waals surface area contributed by atoms with Gasteiger partial charge >= 0.3 is 12.0 Å². The quantitative estimate of drug-likeness (QED) is 0.651. The molecular weight excluding hydrogens is 304 g/mol. The molecule has 3 rings (SSSR count). The number of rotatable bonds is 9. The summed E-state index contributed by atoms with van der Waals surface area (Å²) in [5.41, 5.74) is 1.11. The fourth-order valence-corrected chi connectivity index (χ4v) is 3.33. The molecule has 0 bridgehead atoms. The van der Waals surface area contributed by atoms with Gasteiger partial charge < -0.3 is 15.7 Å². The number of hydrogen-bond donors (Lipinski definition) is 3. The molecule has 5 heteroatoms. The third-order valence-electron chi connectivity index (χ3n) is 4.92. The molecule has 2 amide bonds. The smallest absolute Gasteiger partial charge is 0.315 e. The van der Waals surface area contributed by atoms with Crippen LogP contribution in [0.3, 0.4) is 0 Å². The zero-order valence-electron chi connectivity index (χ0n) is 13.9. The molecule has 1 aromatic carbocycles. The minimum Gasteiger partial charge on any atom is -0.481 e. The van der Waals surface area contributed by atoms with Crippen molar-refractivity contribution < 1.29 is 14.7 Å². The summed E-state index contributed by atoms with van der Waals surface area (Å²) in [7, 11) is 0. The lowest BCUT2D eigenvalue weighted by Crippen LogP contribution is -2.48. The van der Waals surface area contributed by atoms with Gasteiger partial charge in [0.15, 0.2) is 0 Å². The van der Waals surface area contributed by atoms with Crippen LogP contribution in [-0.2, 0) is 11.2 Å². The van der Waals surface area contributed by atoms with E-state index in [-0.39, 0.29) is 18.5 Å². The predicted molar refractivity (Wildman–Crippen MR) is 91.7 cm³/mol. The Balaban J connectivity index is 1.55. The maximum absolute atomic E-state index is 12.4. The van der Waals surface area contributed by atoms with Crippen LogP contribution in [0.5, 0.6) is 0 Å². The first kappa shape index (κ1) is 16.8. The van der Waals surface area contributed by atoms with Crippen LogP contribution in [0, 0.1) is 11.8 Å². The van der Waals surface area contributed by atoms with Gasteiger partial charge in [-0.25, -0.2) is 4.79 Å². The Morgan fingerprint density at radius 2 is 1.67 bits per heavy atom. The van der Waals surface area contributed by atoms with Crippen LogP contribution in [0.4, 0.5) is 4.79 Å². The standard InChI is InChI=1S/C19H26N2O3/c22-17(23)11-10-16(12-13-4-2-1-3-5-13)20-19(24)21-18(14-6-7-14)15-8-9-15/h1-5,14-16,18H,6-12H2,(H,22,23)(H2,20,21,24). The lowest BCUT2D eigenvalue weighted by molar-refractivity contribution is -0.137. The predicted octanol–water partition coefficient (Wildman–Crippen LogP) is 2.95. The second-order valence-corrected chi connectivity index (χ2v) is 7.14. The molecule has 2 fully saturated rings. The van der Waals surface area contributed by atoms with E-state index in [0.717, 1.165) is 5.56 Å². The number of aliphatic carboxylic acids is 1. The Bertz CT molecular complexity index is 555. The highest BCUT2D eigenvalue weighted by Crippen LogP contribution is 2.44. The maximum Gasteiger partial charge on any atom is 0.315 e. The van der Waals surface area contributed by atoms with Gasteiger partial charge in [-0.1, -0.05) is 30.3 Å². The van der Waals surface area contributed by atoms with Gasteiger partial charge in [0.25, 0.3) is 0 Å². The highest BCUT2D eigenvalue weighted by molar-refractivity contribution is 5.75. The molecule has 5 nitrogen and oxygen atoms in total. The normalized spacial score (nSPS) is 18.2. The first-order valence-corrected chi connectivity index (χ1v) is 8.94. The zero-order valence-corrected chi connectivity index (χ0v) is 13.9. The van der Waals surface area contributed by atoms with Crippen LogP contribution < -0.4 is 10.6 Å². The van der Waals surface area contributed by atoms with Crippen LogP contribution in [0.2, 0.25) is 0 Å². The number of amides is 2. The zero-order chi connectivity index (χ0) is 16.9. The average molecular weight is 330 g/mol. The van der Waals surface area contributed by atoms with E-state index in [0.29, 0.717) is 30.7 Å². The first-order chi connectivity index (χ1) is 11.6. The highest BCUT2D eigenvalue weighted by atomic mass is 16.4. The van der Waals surface area contributed by atoms with Crippen molar-refractivity contribution in [3.8, 4) is 0 Å². The molecule has 130 valence electrons. The summed E-state index contributed by atoms with van der Waals surface area (Å²) in [6, 6.07) is 9.87. The maximum atomic E-state index is 12.4. The third-order valence-corrected chi connectivity index (χ3v) is 4.92. The molecule has 0 spiro atoms. The summed E-state index contributed by atoms with van der Waals surface area (Å²) in [6.45, 7) is 0. The third kappa shape index (κ3) is 5.25. The first-order valence-electron chi connectivity index (χ1n) is 8.94. The lowest BCUT2D eigenvalue weighted by atomic mass is 10.0. The molecule has 0 aromatic heterocycles. The summed E-state index contributed by atoms with van der Waals surface area (Å²) < 4.78 is 0. The molecule has 1 unspecified atom stereocenters. The molecule has 1 aromatic rings. The van der Waals surface area contributed by atoms with Gasteiger partial charge in [0, 0.05) is 18.5 Å². The Labute approximate surface area is 142 Å². The summed E-state index contributed by atoms with van der Waals surface area (Å²) >= 11 is 0. The molecule has 0 saturated heterocycles. The molecule has 0 radical (unpaired) electrons. The van der Waals surface area contributed by atoms with Crippen LogP contribution in [0.1, 0.15) is 44.1 Å². The van der Waals surface area contributed by atoms with Gasteiger partial charge in [-0.2, -0.15) is 0 Å². The van der Waals surface area contributed by atoms with Crippen molar-refractivity contribution in [3.63, 3.8) is 0 Å². The Morgan fingerprint density at radius 3 is 2.21 bits per heavy atom. The number of nitrogens with one attached hydrogen (secondary N) is 2. The van der Waals surface area contributed by atoms with E-state index >= 15 is 0 Å². The molecular formula is C19H26N2O3. The molecule has 2 aliphatic rings. The number of urea groups is 1. The van der Waals surface area contributed by atoms with Gasteiger partial charge in [0.1, 0.15) is 0 Å². The molecule has 2 aliphatic carbocycles. The second kappa shape index (κ2) is 7.69. The summed E-state index contributed by atoms with van der Waals surface area (Å²) in [4.78, 5) is 23.3. The van der Waals surface area contributed by atoms with E-state index in [1.165, 1.54) is 25.7 Å². The van der Waals surface area contributed by atoms with Crippen molar-refractivity contribution in [3.05, 3.63) is 35.9 Å². The van der Waals surface area contributed by atoms with E-state index < -0.39 is 5.97 Å². The van der Waals surface area contributed by atoms with Gasteiger partial charge in [-0.05, 0) is 55.9 Å². The number of carbonyl (C=O) groups is 2. The topological polar surface area (TPSA) is 78.4 Å². The van der Waals surface area contributed by atoms with E-state index in [9.17, 15) is 9.59 Å². The number of benzene rings is 1. The minimum absolute atomic E-state index is 0.0620. The Morgan fingerprint density at radius 1 is 1.04 bits per heavy atom. The van der Waals surface area contributed by atoms with Crippen molar-refractivity contribution in [2.75, 3.05) is 0 Å². The highest BCUT2D eigenvalue weighted by Gasteiger charge is 2.42. The van der Waals surface area contributed by atoms with E-state index in [1.807, 2.05) is 30.3 Å². The molecule has 0 heterocycles. The number of carbonyl (C=O) groups excluding carboxylic acids is 1. The SMILES string of the molecule is O=C(O)CCC(Cc1ccccc1)NC(=O)NC(C1CC1)C1CC1.